The second kappa shape index (κ2) is 113. The Morgan fingerprint density at radius 1 is 0.562 bits per heavy atom. The van der Waals surface area contributed by atoms with E-state index in [1.165, 1.54) is 52.4 Å². The van der Waals surface area contributed by atoms with Crippen molar-refractivity contribution in [2.45, 2.75) is 281 Å². The summed E-state index contributed by atoms with van der Waals surface area (Å²) in [5.41, 5.74) is 4.50. The van der Waals surface area contributed by atoms with Crippen LogP contribution in [-0.4, -0.2) is 91.5 Å². The number of rotatable bonds is 0. The standard InChI is InChI=1S/C5H7N.C5H10O.2C5H6S.2C4H5NO.C4H7NO.2C4H5NO.C4H7NO.C4H7NS.C4H5NS.12C2H6/c1-5-2-3-6-4-5;1-5-3-2-4-6-5;1-5-2-3-6-4-5;1-5-3-2-4-6-5;1-4-2-6-3-5-4;1-4-2-5-3-6-4;2*1-4-5-2-3-6-4;1-4-2-3-6-5-4;1-4-2-3-5-6-4;2*1-4-5-2-3-6-4;12*1-2/h2-4,6H,1H3;5H,2-4H2,1H3;2*2-4H,1H3;2*2-3H,1H3;2-3H2,1H3;2*2-3H,1H3;3-4H,2H2,1H3;2-3H2,1H3;2-3H,1H3;12*1-2H3. The van der Waals surface area contributed by atoms with Gasteiger partial charge in [0.2, 0.25) is 0 Å². The van der Waals surface area contributed by atoms with Crippen LogP contribution in [0.15, 0.2) is 147 Å². The summed E-state index contributed by atoms with van der Waals surface area (Å²) in [6.45, 7) is 75.3. The van der Waals surface area contributed by atoms with E-state index in [-0.39, 0.29) is 0 Å². The molecule has 12 rings (SSSR count). The monoisotopic (exact) mass is 1430 g/mol. The molecule has 0 radical (unpaired) electrons. The molecule has 4 aliphatic rings. The van der Waals surface area contributed by atoms with Crippen molar-refractivity contribution in [3.05, 3.63) is 158 Å². The number of hydrogen-bond donors (Lipinski definition) is 1. The van der Waals surface area contributed by atoms with Gasteiger partial charge < -0.3 is 37.1 Å². The third kappa shape index (κ3) is 110. The van der Waals surface area contributed by atoms with Crippen molar-refractivity contribution in [3.8, 4) is 0 Å². The molecule has 1 saturated heterocycles. The van der Waals surface area contributed by atoms with E-state index in [2.05, 4.69) is 123 Å². The van der Waals surface area contributed by atoms with Gasteiger partial charge in [-0.2, -0.15) is 11.3 Å². The number of hydrogen-bond acceptors (Lipinski definition) is 19. The number of thiazole rings is 1. The number of H-pyrrole nitrogens is 1. The van der Waals surface area contributed by atoms with Crippen LogP contribution in [0.5, 0.6) is 0 Å². The molecule has 8 aromatic rings. The lowest BCUT2D eigenvalue weighted by molar-refractivity contribution is 0.0996. The summed E-state index contributed by atoms with van der Waals surface area (Å²) in [7, 11) is 0. The quantitative estimate of drug-likeness (QED) is 0.151. The van der Waals surface area contributed by atoms with E-state index in [0.717, 1.165) is 66.7 Å². The van der Waals surface area contributed by atoms with Crippen molar-refractivity contribution in [2.75, 3.05) is 32.1 Å². The lowest BCUT2D eigenvalue weighted by Crippen LogP contribution is -1.94. The van der Waals surface area contributed by atoms with Gasteiger partial charge in [-0.3, -0.25) is 15.0 Å². The highest BCUT2D eigenvalue weighted by molar-refractivity contribution is 8.14. The van der Waals surface area contributed by atoms with Crippen LogP contribution in [-0.2, 0) is 14.3 Å². The van der Waals surface area contributed by atoms with Gasteiger partial charge in [0.25, 0.3) is 0 Å². The van der Waals surface area contributed by atoms with Gasteiger partial charge in [0.05, 0.1) is 46.5 Å². The van der Waals surface area contributed by atoms with Gasteiger partial charge in [-0.1, -0.05) is 183 Å². The molecule has 2 unspecified atom stereocenters. The Morgan fingerprint density at radius 3 is 1.31 bits per heavy atom. The van der Waals surface area contributed by atoms with Gasteiger partial charge in [-0.05, 0) is 128 Å². The fourth-order valence-corrected chi connectivity index (χ4v) is 6.81. The highest BCUT2D eigenvalue weighted by Crippen LogP contribution is 2.10. The molecule has 562 valence electrons. The average molecular weight is 1430 g/mol. The van der Waals surface area contributed by atoms with Gasteiger partial charge in [0, 0.05) is 80.3 Å². The van der Waals surface area contributed by atoms with Crippen LogP contribution < -0.4 is 0 Å². The molecule has 1 N–H and O–H groups in total. The largest absolute Gasteiger partial charge is 0.479 e. The Kier molecular flexibility index (Phi) is 138. The van der Waals surface area contributed by atoms with Crippen molar-refractivity contribution in [1.82, 2.24) is 30.1 Å². The van der Waals surface area contributed by atoms with Gasteiger partial charge in [0.1, 0.15) is 37.3 Å². The number of aromatic amines is 1. The topological polar surface area (TPSA) is 198 Å². The van der Waals surface area contributed by atoms with E-state index in [9.17, 15) is 0 Å². The Morgan fingerprint density at radius 2 is 1.19 bits per heavy atom. The predicted octanol–water partition coefficient (Wildman–Crippen LogP) is 26.7. The van der Waals surface area contributed by atoms with Crippen molar-refractivity contribution in [3.63, 3.8) is 0 Å². The molecule has 0 aliphatic carbocycles. The molecule has 2 atom stereocenters. The predicted molar refractivity (Wildman–Crippen MR) is 434 cm³/mol. The number of aliphatic imine (C=N–C) groups is 2. The highest BCUT2D eigenvalue weighted by atomic mass is 32.2. The third-order valence-corrected chi connectivity index (χ3v) is 11.5. The van der Waals surface area contributed by atoms with Crippen LogP contribution in [0.1, 0.15) is 257 Å². The van der Waals surface area contributed by atoms with Crippen LogP contribution in [0.25, 0.3) is 0 Å². The Hall–Kier alpha value is -5.93. The van der Waals surface area contributed by atoms with E-state index in [0.29, 0.717) is 12.2 Å². The second-order valence-corrected chi connectivity index (χ2v) is 19.5. The lowest BCUT2D eigenvalue weighted by Gasteiger charge is -1.94. The summed E-state index contributed by atoms with van der Waals surface area (Å²) in [5.74, 6) is 3.60. The van der Waals surface area contributed by atoms with E-state index in [1.807, 2.05) is 243 Å². The zero-order valence-electron chi connectivity index (χ0n) is 67.9. The minimum Gasteiger partial charge on any atom is -0.479 e. The number of oxime groups is 1. The van der Waals surface area contributed by atoms with Crippen LogP contribution in [0, 0.1) is 55.4 Å². The highest BCUT2D eigenvalue weighted by Gasteiger charge is 2.07. The number of thiophene rings is 2. The molecule has 0 bridgehead atoms. The zero-order chi connectivity index (χ0) is 76.9. The molecule has 4 aliphatic heterocycles. The molecule has 1 fully saturated rings. The SMILES string of the molecule is CC.CC.CC.CC.CC.CC.CC.CC.CC.CC.CC.CC.CC1=NCCO1.CC1=NCCS1.CC1CC=NO1.CC1CCCO1.Cc1cc[nH]c1.Cc1cccs1.Cc1ccon1.Cc1ccsc1.Cc1cnco1.Cc1cocn1.Cc1ncco1.Cc1nccs1. The molecule has 8 aromatic heterocycles. The summed E-state index contributed by atoms with van der Waals surface area (Å²) in [6, 6.07) is 10.1. The molecular formula is C76H147N9O7S4. The minimum absolute atomic E-state index is 0.324. The summed E-state index contributed by atoms with van der Waals surface area (Å²) in [5, 5.41) is 17.7. The molecular weight excluding hydrogens is 1280 g/mol. The van der Waals surface area contributed by atoms with E-state index < -0.39 is 0 Å². The fourth-order valence-electron chi connectivity index (χ4n) is 4.52. The first-order chi connectivity index (χ1) is 46.7. The van der Waals surface area contributed by atoms with Gasteiger partial charge in [-0.25, -0.2) is 15.0 Å². The van der Waals surface area contributed by atoms with Crippen LogP contribution in [0.4, 0.5) is 0 Å². The Balaban J connectivity index is -0.0000000779. The average Bonchev–Trinajstić information content (AvgIpc) is 4.46. The molecule has 0 spiro atoms. The first-order valence-corrected chi connectivity index (χ1v) is 38.9. The molecule has 0 saturated carbocycles. The molecule has 16 nitrogen and oxygen atoms in total. The summed E-state index contributed by atoms with van der Waals surface area (Å²) < 4.78 is 28.6. The maximum atomic E-state index is 5.15. The zero-order valence-corrected chi connectivity index (χ0v) is 71.2. The van der Waals surface area contributed by atoms with Crippen LogP contribution in [0.3, 0.4) is 0 Å². The van der Waals surface area contributed by atoms with E-state index >= 15 is 0 Å². The number of ether oxygens (including phenoxy) is 2. The van der Waals surface area contributed by atoms with Gasteiger partial charge >= 0.3 is 0 Å². The van der Waals surface area contributed by atoms with Crippen molar-refractivity contribution in [2.24, 2.45) is 15.1 Å². The van der Waals surface area contributed by atoms with Crippen LogP contribution >= 0.6 is 45.8 Å². The smallest absolute Gasteiger partial charge is 0.190 e. The van der Waals surface area contributed by atoms with Crippen molar-refractivity contribution < 1.29 is 32.1 Å². The van der Waals surface area contributed by atoms with E-state index in [4.69, 9.17) is 23.1 Å². The van der Waals surface area contributed by atoms with Crippen molar-refractivity contribution in [1.29, 1.82) is 0 Å². The first-order valence-electron chi connectivity index (χ1n) is 35.2. The Labute approximate surface area is 607 Å². The number of nitrogens with one attached hydrogen (secondary N) is 1. The fraction of sp³-hybridized carbons (Fsp3) is 0.605. The molecule has 0 aromatic carbocycles. The molecule has 12 heterocycles. The number of oxazole rings is 3. The molecule has 20 heteroatoms. The summed E-state index contributed by atoms with van der Waals surface area (Å²) in [4.78, 5) is 32.2. The number of nitrogens with zero attached hydrogens (tertiary/aromatic N) is 8. The van der Waals surface area contributed by atoms with Gasteiger partial charge in [0.15, 0.2) is 24.6 Å². The Bertz CT molecular complexity index is 1940. The number of aryl methyl sites for hydroxylation is 8. The number of aromatic nitrogens is 6. The van der Waals surface area contributed by atoms with E-state index in [1.54, 1.807) is 90.6 Å². The minimum atomic E-state index is 0.324. The van der Waals surface area contributed by atoms with Crippen LogP contribution in [0.2, 0.25) is 0 Å². The second-order valence-electron chi connectivity index (χ2n) is 15.2. The third-order valence-electron chi connectivity index (χ3n) is 8.25. The first kappa shape index (κ1) is 117. The number of thioether (sulfide) groups is 1. The summed E-state index contributed by atoms with van der Waals surface area (Å²) >= 11 is 7.03. The van der Waals surface area contributed by atoms with Crippen molar-refractivity contribution >= 4 is 62.9 Å². The maximum Gasteiger partial charge on any atom is 0.190 e. The maximum absolute atomic E-state index is 5.15. The normalized spacial score (nSPS) is 11.8. The lowest BCUT2D eigenvalue weighted by atomic mass is 10.3. The van der Waals surface area contributed by atoms with Gasteiger partial charge in [-0.15, -0.1) is 34.4 Å². The summed E-state index contributed by atoms with van der Waals surface area (Å²) in [6.07, 6.45) is 22.6. The molecule has 0 amide bonds. The molecule has 96 heavy (non-hydrogen) atoms.